The summed E-state index contributed by atoms with van der Waals surface area (Å²) in [7, 11) is 3.22. The topological polar surface area (TPSA) is 67.9 Å². The van der Waals surface area contributed by atoms with Gasteiger partial charge in [-0.2, -0.15) is 0 Å². The first-order valence-corrected chi connectivity index (χ1v) is 12.8. The highest BCUT2D eigenvalue weighted by Crippen LogP contribution is 2.29. The predicted molar refractivity (Wildman–Crippen MR) is 138 cm³/mol. The standard InChI is InChI=1S/C28H32N2O4S/c1-33-23-14-12-20(13-15-23)19-30(26(31)18-25-11-6-16-35-25)27(21-7-5-10-24(17-21)34-2)28(32)29-22-8-3-4-9-22/h5-7,10-17,22,27H,3-4,8-9,18-19H2,1-2H3,(H,29,32)/t27-/m1/s1. The van der Waals surface area contributed by atoms with Crippen LogP contribution in [0.15, 0.2) is 66.0 Å². The first kappa shape index (κ1) is 24.8. The number of hydrogen-bond donors (Lipinski definition) is 1. The zero-order chi connectivity index (χ0) is 24.6. The average Bonchev–Trinajstić information content (AvgIpc) is 3.59. The molecule has 1 aromatic heterocycles. The van der Waals surface area contributed by atoms with E-state index >= 15 is 0 Å². The lowest BCUT2D eigenvalue weighted by Gasteiger charge is -2.32. The van der Waals surface area contributed by atoms with Gasteiger partial charge in [-0.25, -0.2) is 0 Å². The van der Waals surface area contributed by atoms with E-state index in [1.54, 1.807) is 30.5 Å². The van der Waals surface area contributed by atoms with Gasteiger partial charge in [-0.1, -0.05) is 43.2 Å². The summed E-state index contributed by atoms with van der Waals surface area (Å²) in [6, 6.07) is 18.3. The minimum Gasteiger partial charge on any atom is -0.497 e. The van der Waals surface area contributed by atoms with E-state index in [1.165, 1.54) is 0 Å². The molecule has 1 fully saturated rings. The summed E-state index contributed by atoms with van der Waals surface area (Å²) in [6.45, 7) is 0.300. The molecule has 1 aliphatic rings. The maximum Gasteiger partial charge on any atom is 0.247 e. The van der Waals surface area contributed by atoms with Crippen molar-refractivity contribution in [2.24, 2.45) is 0 Å². The van der Waals surface area contributed by atoms with Crippen molar-refractivity contribution in [1.82, 2.24) is 10.2 Å². The zero-order valence-corrected chi connectivity index (χ0v) is 21.1. The summed E-state index contributed by atoms with van der Waals surface area (Å²) in [6.07, 6.45) is 4.41. The molecule has 2 aromatic carbocycles. The molecule has 0 spiro atoms. The molecule has 184 valence electrons. The minimum atomic E-state index is -0.778. The number of thiophene rings is 1. The van der Waals surface area contributed by atoms with Crippen LogP contribution in [0.1, 0.15) is 47.7 Å². The molecule has 0 saturated heterocycles. The van der Waals surface area contributed by atoms with Crippen molar-refractivity contribution in [3.05, 3.63) is 82.0 Å². The summed E-state index contributed by atoms with van der Waals surface area (Å²) in [5.41, 5.74) is 1.65. The van der Waals surface area contributed by atoms with E-state index in [0.717, 1.165) is 47.4 Å². The lowest BCUT2D eigenvalue weighted by Crippen LogP contribution is -2.46. The first-order valence-electron chi connectivity index (χ1n) is 12.0. The summed E-state index contributed by atoms with van der Waals surface area (Å²) in [4.78, 5) is 30.2. The smallest absolute Gasteiger partial charge is 0.247 e. The van der Waals surface area contributed by atoms with Gasteiger partial charge in [-0.05, 0) is 59.7 Å². The lowest BCUT2D eigenvalue weighted by molar-refractivity contribution is -0.141. The Kier molecular flexibility index (Phi) is 8.42. The van der Waals surface area contributed by atoms with Gasteiger partial charge in [-0.15, -0.1) is 11.3 Å². The summed E-state index contributed by atoms with van der Waals surface area (Å²) in [5, 5.41) is 5.18. The number of amides is 2. The van der Waals surface area contributed by atoms with Crippen molar-refractivity contribution >= 4 is 23.2 Å². The second kappa shape index (κ2) is 11.9. The summed E-state index contributed by atoms with van der Waals surface area (Å²) in [5.74, 6) is 1.14. The van der Waals surface area contributed by atoms with Crippen LogP contribution in [-0.2, 0) is 22.6 Å². The zero-order valence-electron chi connectivity index (χ0n) is 20.2. The molecule has 6 nitrogen and oxygen atoms in total. The van der Waals surface area contributed by atoms with Crippen molar-refractivity contribution in [2.75, 3.05) is 14.2 Å². The highest BCUT2D eigenvalue weighted by atomic mass is 32.1. The van der Waals surface area contributed by atoms with E-state index in [0.29, 0.717) is 12.3 Å². The number of carbonyl (C=O) groups excluding carboxylic acids is 2. The van der Waals surface area contributed by atoms with E-state index in [1.807, 2.05) is 66.0 Å². The number of nitrogens with zero attached hydrogens (tertiary/aromatic N) is 1. The molecule has 2 amide bonds. The minimum absolute atomic E-state index is 0.0994. The molecule has 0 radical (unpaired) electrons. The number of benzene rings is 2. The molecule has 0 aliphatic heterocycles. The van der Waals surface area contributed by atoms with E-state index < -0.39 is 6.04 Å². The fourth-order valence-electron chi connectivity index (χ4n) is 4.55. The number of ether oxygens (including phenoxy) is 2. The Morgan fingerprint density at radius 3 is 2.40 bits per heavy atom. The second-order valence-corrected chi connectivity index (χ2v) is 9.83. The Morgan fingerprint density at radius 1 is 1.00 bits per heavy atom. The van der Waals surface area contributed by atoms with Crippen molar-refractivity contribution in [3.8, 4) is 11.5 Å². The van der Waals surface area contributed by atoms with Crippen molar-refractivity contribution in [2.45, 2.75) is 50.7 Å². The molecule has 3 aromatic rings. The van der Waals surface area contributed by atoms with Gasteiger partial charge in [0.1, 0.15) is 17.5 Å². The summed E-state index contributed by atoms with van der Waals surface area (Å²) < 4.78 is 10.7. The molecule has 1 saturated carbocycles. The fraction of sp³-hybridized carbons (Fsp3) is 0.357. The SMILES string of the molecule is COc1ccc(CN(C(=O)Cc2cccs2)[C@@H](C(=O)NC2CCCC2)c2cccc(OC)c2)cc1. The van der Waals surface area contributed by atoms with Crippen LogP contribution < -0.4 is 14.8 Å². The third-order valence-corrected chi connectivity index (χ3v) is 7.29. The quantitative estimate of drug-likeness (QED) is 0.426. The number of carbonyl (C=O) groups is 2. The van der Waals surface area contributed by atoms with Gasteiger partial charge in [-0.3, -0.25) is 9.59 Å². The van der Waals surface area contributed by atoms with E-state index in [4.69, 9.17) is 9.47 Å². The van der Waals surface area contributed by atoms with Crippen molar-refractivity contribution in [1.29, 1.82) is 0 Å². The van der Waals surface area contributed by atoms with Crippen LogP contribution in [0.2, 0.25) is 0 Å². The molecule has 35 heavy (non-hydrogen) atoms. The fourth-order valence-corrected chi connectivity index (χ4v) is 5.25. The van der Waals surface area contributed by atoms with Crippen molar-refractivity contribution in [3.63, 3.8) is 0 Å². The van der Waals surface area contributed by atoms with Crippen LogP contribution in [0.25, 0.3) is 0 Å². The number of hydrogen-bond acceptors (Lipinski definition) is 5. The molecule has 1 heterocycles. The largest absolute Gasteiger partial charge is 0.497 e. The van der Waals surface area contributed by atoms with Gasteiger partial charge in [0.25, 0.3) is 0 Å². The molecule has 0 unspecified atom stereocenters. The molecule has 1 aliphatic carbocycles. The van der Waals surface area contributed by atoms with Crippen molar-refractivity contribution < 1.29 is 19.1 Å². The molecule has 1 N–H and O–H groups in total. The third kappa shape index (κ3) is 6.42. The number of rotatable bonds is 10. The molecule has 7 heteroatoms. The lowest BCUT2D eigenvalue weighted by atomic mass is 10.0. The van der Waals surface area contributed by atoms with Gasteiger partial charge in [0.15, 0.2) is 0 Å². The highest BCUT2D eigenvalue weighted by molar-refractivity contribution is 7.10. The van der Waals surface area contributed by atoms with Crippen LogP contribution in [0, 0.1) is 0 Å². The first-order chi connectivity index (χ1) is 17.1. The Morgan fingerprint density at radius 2 is 1.74 bits per heavy atom. The second-order valence-electron chi connectivity index (χ2n) is 8.79. The van der Waals surface area contributed by atoms with Gasteiger partial charge in [0.2, 0.25) is 11.8 Å². The molecule has 0 bridgehead atoms. The third-order valence-electron chi connectivity index (χ3n) is 6.41. The van der Waals surface area contributed by atoms with E-state index in [-0.39, 0.29) is 24.3 Å². The average molecular weight is 493 g/mol. The van der Waals surface area contributed by atoms with Gasteiger partial charge in [0.05, 0.1) is 20.6 Å². The van der Waals surface area contributed by atoms with Crippen LogP contribution in [0.5, 0.6) is 11.5 Å². The van der Waals surface area contributed by atoms with Gasteiger partial charge in [0, 0.05) is 17.5 Å². The molecule has 4 rings (SSSR count). The number of methoxy groups -OCH3 is 2. The summed E-state index contributed by atoms with van der Waals surface area (Å²) >= 11 is 1.54. The predicted octanol–water partition coefficient (Wildman–Crippen LogP) is 5.14. The van der Waals surface area contributed by atoms with Crippen LogP contribution in [0.4, 0.5) is 0 Å². The highest BCUT2D eigenvalue weighted by Gasteiger charge is 2.33. The van der Waals surface area contributed by atoms with Crippen LogP contribution >= 0.6 is 11.3 Å². The van der Waals surface area contributed by atoms with Gasteiger partial charge < -0.3 is 19.7 Å². The van der Waals surface area contributed by atoms with Gasteiger partial charge >= 0.3 is 0 Å². The maximum absolute atomic E-state index is 13.8. The number of nitrogens with one attached hydrogen (secondary N) is 1. The maximum atomic E-state index is 13.8. The van der Waals surface area contributed by atoms with E-state index in [2.05, 4.69) is 5.32 Å². The molecule has 1 atom stereocenters. The Labute approximate surface area is 210 Å². The Bertz CT molecular complexity index is 1110. The Hall–Kier alpha value is -3.32. The molecular formula is C28H32N2O4S. The monoisotopic (exact) mass is 492 g/mol. The van der Waals surface area contributed by atoms with Crippen LogP contribution in [0.3, 0.4) is 0 Å². The normalized spacial score (nSPS) is 14.3. The molecular weight excluding hydrogens is 460 g/mol. The Balaban J connectivity index is 1.71. The van der Waals surface area contributed by atoms with Crippen LogP contribution in [-0.4, -0.2) is 37.0 Å². The van der Waals surface area contributed by atoms with E-state index in [9.17, 15) is 9.59 Å².